The van der Waals surface area contributed by atoms with Gasteiger partial charge in [0, 0.05) is 0 Å². The maximum absolute atomic E-state index is 12.2. The van der Waals surface area contributed by atoms with Gasteiger partial charge in [-0.2, -0.15) is 0 Å². The summed E-state index contributed by atoms with van der Waals surface area (Å²) in [5.41, 5.74) is -2.62. The van der Waals surface area contributed by atoms with Crippen LogP contribution in [0, 0.1) is 11.3 Å². The summed E-state index contributed by atoms with van der Waals surface area (Å²) in [6, 6.07) is 0. The molecule has 4 heteroatoms. The van der Waals surface area contributed by atoms with Gasteiger partial charge < -0.3 is 14.9 Å². The second kappa shape index (κ2) is 5.30. The van der Waals surface area contributed by atoms with Gasteiger partial charge in [-0.1, -0.05) is 12.8 Å². The lowest BCUT2D eigenvalue weighted by molar-refractivity contribution is -0.172. The quantitative estimate of drug-likeness (QED) is 0.778. The van der Waals surface area contributed by atoms with E-state index in [0.717, 1.165) is 32.1 Å². The van der Waals surface area contributed by atoms with Crippen molar-refractivity contribution in [2.24, 2.45) is 11.3 Å². The van der Waals surface area contributed by atoms with Crippen molar-refractivity contribution in [2.75, 3.05) is 6.61 Å². The molecule has 0 radical (unpaired) electrons. The minimum absolute atomic E-state index is 0.0417. The molecule has 0 aromatic rings. The fraction of sp³-hybridized carbons (Fsp3) is 0.938. The molecular formula is C16H28O4. The summed E-state index contributed by atoms with van der Waals surface area (Å²) in [5, 5.41) is 21.5. The Balaban J connectivity index is 2.12. The van der Waals surface area contributed by atoms with Crippen molar-refractivity contribution in [2.45, 2.75) is 76.9 Å². The Bertz CT molecular complexity index is 371. The molecule has 0 bridgehead atoms. The third kappa shape index (κ3) is 2.48. The molecule has 2 fully saturated rings. The molecular weight excluding hydrogens is 256 g/mol. The van der Waals surface area contributed by atoms with Gasteiger partial charge in [0.2, 0.25) is 0 Å². The zero-order valence-corrected chi connectivity index (χ0v) is 12.9. The lowest BCUT2D eigenvalue weighted by Gasteiger charge is -2.40. The summed E-state index contributed by atoms with van der Waals surface area (Å²) >= 11 is 0. The highest BCUT2D eigenvalue weighted by Gasteiger charge is 2.60. The SMILES string of the molecule is CCOC(=O)[C@]1(C)CC[C@@H](CC2(O)CCCC2)[C@]1(C)O. The molecule has 2 rings (SSSR count). The zero-order valence-electron chi connectivity index (χ0n) is 12.9. The minimum atomic E-state index is -1.11. The predicted molar refractivity (Wildman–Crippen MR) is 76.1 cm³/mol. The van der Waals surface area contributed by atoms with Gasteiger partial charge in [-0.15, -0.1) is 0 Å². The van der Waals surface area contributed by atoms with Gasteiger partial charge in [0.1, 0.15) is 0 Å². The third-order valence-corrected chi connectivity index (χ3v) is 5.79. The first-order valence-corrected chi connectivity index (χ1v) is 7.87. The van der Waals surface area contributed by atoms with E-state index in [-0.39, 0.29) is 11.9 Å². The van der Waals surface area contributed by atoms with Gasteiger partial charge in [-0.05, 0) is 58.8 Å². The number of carbonyl (C=O) groups is 1. The molecule has 2 saturated carbocycles. The van der Waals surface area contributed by atoms with Crippen molar-refractivity contribution >= 4 is 5.97 Å². The van der Waals surface area contributed by atoms with Crippen LogP contribution in [-0.4, -0.2) is 34.0 Å². The van der Waals surface area contributed by atoms with Crippen molar-refractivity contribution in [1.82, 2.24) is 0 Å². The summed E-state index contributed by atoms with van der Waals surface area (Å²) < 4.78 is 5.15. The molecule has 0 saturated heterocycles. The minimum Gasteiger partial charge on any atom is -0.465 e. The first-order chi connectivity index (χ1) is 9.25. The van der Waals surface area contributed by atoms with Gasteiger partial charge in [0.15, 0.2) is 0 Å². The Morgan fingerprint density at radius 3 is 2.35 bits per heavy atom. The molecule has 0 aromatic carbocycles. The molecule has 0 aliphatic heterocycles. The van der Waals surface area contributed by atoms with E-state index in [1.807, 2.05) is 0 Å². The van der Waals surface area contributed by atoms with Crippen LogP contribution in [0.2, 0.25) is 0 Å². The van der Waals surface area contributed by atoms with Crippen LogP contribution in [0.3, 0.4) is 0 Å². The molecule has 0 spiro atoms. The molecule has 2 N–H and O–H groups in total. The zero-order chi connectivity index (χ0) is 15.0. The van der Waals surface area contributed by atoms with Gasteiger partial charge in [0.05, 0.1) is 23.2 Å². The number of aliphatic hydroxyl groups is 2. The lowest BCUT2D eigenvalue weighted by Crippen LogP contribution is -2.50. The third-order valence-electron chi connectivity index (χ3n) is 5.79. The lowest BCUT2D eigenvalue weighted by atomic mass is 9.71. The number of carbonyl (C=O) groups excluding carboxylic acids is 1. The van der Waals surface area contributed by atoms with E-state index in [9.17, 15) is 15.0 Å². The Morgan fingerprint density at radius 2 is 1.80 bits per heavy atom. The van der Waals surface area contributed by atoms with E-state index in [0.29, 0.717) is 19.4 Å². The number of ether oxygens (including phenoxy) is 1. The van der Waals surface area contributed by atoms with Crippen LogP contribution < -0.4 is 0 Å². The second-order valence-electron chi connectivity index (χ2n) is 7.07. The predicted octanol–water partition coefficient (Wildman–Crippen LogP) is 2.41. The molecule has 0 amide bonds. The van der Waals surface area contributed by atoms with Gasteiger partial charge in [-0.25, -0.2) is 0 Å². The summed E-state index contributed by atoms with van der Waals surface area (Å²) in [5.74, 6) is -0.356. The highest BCUT2D eigenvalue weighted by Crippen LogP contribution is 2.54. The van der Waals surface area contributed by atoms with Crippen molar-refractivity contribution in [1.29, 1.82) is 0 Å². The molecule has 2 aliphatic rings. The van der Waals surface area contributed by atoms with Gasteiger partial charge in [0.25, 0.3) is 0 Å². The number of hydrogen-bond donors (Lipinski definition) is 2. The standard InChI is InChI=1S/C16H28O4/c1-4-20-13(17)14(2)10-7-12(15(14,3)18)11-16(19)8-5-6-9-16/h12,18-19H,4-11H2,1-3H3/t12-,14-,15-/m0/s1. The monoisotopic (exact) mass is 284 g/mol. The highest BCUT2D eigenvalue weighted by molar-refractivity contribution is 5.78. The van der Waals surface area contributed by atoms with E-state index < -0.39 is 16.6 Å². The maximum Gasteiger partial charge on any atom is 0.314 e. The number of esters is 1. The molecule has 116 valence electrons. The molecule has 3 atom stereocenters. The van der Waals surface area contributed by atoms with Crippen LogP contribution in [-0.2, 0) is 9.53 Å². The van der Waals surface area contributed by atoms with Crippen molar-refractivity contribution in [3.05, 3.63) is 0 Å². The average molecular weight is 284 g/mol. The van der Waals surface area contributed by atoms with E-state index in [2.05, 4.69) is 0 Å². The fourth-order valence-electron chi connectivity index (χ4n) is 4.04. The van der Waals surface area contributed by atoms with Crippen LogP contribution in [0.4, 0.5) is 0 Å². The average Bonchev–Trinajstić information content (AvgIpc) is 2.88. The Morgan fingerprint density at radius 1 is 1.20 bits per heavy atom. The van der Waals surface area contributed by atoms with Crippen molar-refractivity contribution in [3.8, 4) is 0 Å². The largest absolute Gasteiger partial charge is 0.465 e. The summed E-state index contributed by atoms with van der Waals surface area (Å²) in [7, 11) is 0. The van der Waals surface area contributed by atoms with Crippen LogP contribution >= 0.6 is 0 Å². The number of rotatable bonds is 4. The molecule has 4 nitrogen and oxygen atoms in total. The second-order valence-corrected chi connectivity index (χ2v) is 7.07. The number of hydrogen-bond acceptors (Lipinski definition) is 4. The Labute approximate surface area is 121 Å². The van der Waals surface area contributed by atoms with E-state index >= 15 is 0 Å². The van der Waals surface area contributed by atoms with Crippen molar-refractivity contribution in [3.63, 3.8) is 0 Å². The molecule has 20 heavy (non-hydrogen) atoms. The van der Waals surface area contributed by atoms with Crippen LogP contribution in [0.1, 0.15) is 65.7 Å². The maximum atomic E-state index is 12.2. The summed E-state index contributed by atoms with van der Waals surface area (Å²) in [6.07, 6.45) is 5.73. The first-order valence-electron chi connectivity index (χ1n) is 7.87. The molecule has 2 aliphatic carbocycles. The fourth-order valence-corrected chi connectivity index (χ4v) is 4.04. The van der Waals surface area contributed by atoms with E-state index in [4.69, 9.17) is 4.74 Å². The Kier molecular flexibility index (Phi) is 4.18. The summed E-state index contributed by atoms with van der Waals surface area (Å²) in [6.45, 7) is 5.65. The normalized spacial score (nSPS) is 40.0. The van der Waals surface area contributed by atoms with Crippen LogP contribution in [0.15, 0.2) is 0 Å². The Hall–Kier alpha value is -0.610. The first kappa shape index (κ1) is 15.8. The van der Waals surface area contributed by atoms with E-state index in [1.54, 1.807) is 20.8 Å². The summed E-state index contributed by atoms with van der Waals surface area (Å²) in [4.78, 5) is 12.2. The smallest absolute Gasteiger partial charge is 0.314 e. The molecule has 0 heterocycles. The highest BCUT2D eigenvalue weighted by atomic mass is 16.5. The van der Waals surface area contributed by atoms with Crippen molar-refractivity contribution < 1.29 is 19.7 Å². The molecule has 0 aromatic heterocycles. The van der Waals surface area contributed by atoms with Gasteiger partial charge >= 0.3 is 5.97 Å². The van der Waals surface area contributed by atoms with E-state index in [1.165, 1.54) is 0 Å². The van der Waals surface area contributed by atoms with Crippen LogP contribution in [0.5, 0.6) is 0 Å². The molecule has 0 unspecified atom stereocenters. The van der Waals surface area contributed by atoms with Crippen LogP contribution in [0.25, 0.3) is 0 Å². The van der Waals surface area contributed by atoms with Gasteiger partial charge in [-0.3, -0.25) is 4.79 Å². The topological polar surface area (TPSA) is 66.8 Å².